The van der Waals surface area contributed by atoms with Gasteiger partial charge in [-0.2, -0.15) is 0 Å². The van der Waals surface area contributed by atoms with Crippen LogP contribution in [0, 0.1) is 0 Å². The van der Waals surface area contributed by atoms with Gasteiger partial charge in [0.15, 0.2) is 5.43 Å². The van der Waals surface area contributed by atoms with Crippen LogP contribution in [0.1, 0.15) is 16.1 Å². The Morgan fingerprint density at radius 2 is 2.00 bits per heavy atom. The van der Waals surface area contributed by atoms with Crippen molar-refractivity contribution in [2.24, 2.45) is 5.73 Å². The first-order valence-electron chi connectivity index (χ1n) is 6.53. The molecule has 1 aromatic heterocycles. The third-order valence-electron chi connectivity index (χ3n) is 3.00. The molecule has 0 aliphatic carbocycles. The van der Waals surface area contributed by atoms with Crippen LogP contribution in [0.4, 0.5) is 0 Å². The van der Waals surface area contributed by atoms with Crippen molar-refractivity contribution in [3.8, 4) is 0 Å². The summed E-state index contributed by atoms with van der Waals surface area (Å²) in [5, 5.41) is 2.76. The number of halogens is 1. The van der Waals surface area contributed by atoms with E-state index in [1.807, 2.05) is 0 Å². The summed E-state index contributed by atoms with van der Waals surface area (Å²) >= 11 is 0. The zero-order valence-electron chi connectivity index (χ0n) is 12.4. The molecule has 3 N–H and O–H groups in total. The van der Waals surface area contributed by atoms with Gasteiger partial charge in [-0.1, -0.05) is 0 Å². The van der Waals surface area contributed by atoms with Crippen LogP contribution >= 0.6 is 12.4 Å². The number of benzene rings is 1. The van der Waals surface area contributed by atoms with Crippen molar-refractivity contribution in [2.75, 3.05) is 18.6 Å². The van der Waals surface area contributed by atoms with Gasteiger partial charge in [-0.25, -0.2) is 8.42 Å². The normalized spacial score (nSPS) is 11.0. The fourth-order valence-electron chi connectivity index (χ4n) is 1.90. The third-order valence-corrected chi connectivity index (χ3v) is 3.95. The second-order valence-electron chi connectivity index (χ2n) is 4.88. The number of amides is 1. The number of hydrogen-bond donors (Lipinski definition) is 2. The van der Waals surface area contributed by atoms with E-state index in [0.717, 1.165) is 6.26 Å². The minimum atomic E-state index is -3.14. The van der Waals surface area contributed by atoms with E-state index in [1.165, 1.54) is 24.3 Å². The summed E-state index contributed by atoms with van der Waals surface area (Å²) in [4.78, 5) is 23.9. The number of nitrogens with two attached hydrogens (primary N) is 1. The first kappa shape index (κ1) is 19.1. The summed E-state index contributed by atoms with van der Waals surface area (Å²) in [6.07, 6.45) is 1.09. The van der Waals surface area contributed by atoms with Crippen LogP contribution in [0.2, 0.25) is 0 Å². The van der Waals surface area contributed by atoms with Gasteiger partial charge in [-0.15, -0.1) is 12.4 Å². The number of rotatable bonds is 5. The van der Waals surface area contributed by atoms with Gasteiger partial charge in [-0.3, -0.25) is 9.59 Å². The lowest BCUT2D eigenvalue weighted by atomic mass is 10.1. The van der Waals surface area contributed by atoms with E-state index in [4.69, 9.17) is 10.2 Å². The minimum absolute atomic E-state index is 0. The van der Waals surface area contributed by atoms with Crippen LogP contribution in [0.5, 0.6) is 0 Å². The second-order valence-corrected chi connectivity index (χ2v) is 7.14. The largest absolute Gasteiger partial charge is 0.459 e. The summed E-state index contributed by atoms with van der Waals surface area (Å²) in [6.45, 7) is 0.120. The molecule has 0 aliphatic rings. The molecule has 0 atom stereocenters. The number of hydrogen-bond acceptors (Lipinski definition) is 6. The lowest BCUT2D eigenvalue weighted by Crippen LogP contribution is -2.28. The average Bonchev–Trinajstić information content (AvgIpc) is 2.45. The van der Waals surface area contributed by atoms with Crippen LogP contribution in [0.3, 0.4) is 0 Å². The highest BCUT2D eigenvalue weighted by Gasteiger charge is 2.11. The molecule has 7 nitrogen and oxygen atoms in total. The Bertz CT molecular complexity index is 876. The Labute approximate surface area is 139 Å². The van der Waals surface area contributed by atoms with Gasteiger partial charge in [0.2, 0.25) is 0 Å². The Balaban J connectivity index is 0.00000264. The first-order chi connectivity index (χ1) is 10.3. The zero-order valence-corrected chi connectivity index (χ0v) is 14.0. The molecule has 0 radical (unpaired) electrons. The van der Waals surface area contributed by atoms with Crippen LogP contribution in [0.25, 0.3) is 11.0 Å². The van der Waals surface area contributed by atoms with Crippen LogP contribution in [0.15, 0.2) is 33.5 Å². The molecule has 0 spiro atoms. The summed E-state index contributed by atoms with van der Waals surface area (Å²) in [6, 6.07) is 5.72. The maximum atomic E-state index is 12.0. The molecule has 1 heterocycles. The molecule has 9 heteroatoms. The van der Waals surface area contributed by atoms with E-state index in [2.05, 4.69) is 5.32 Å². The van der Waals surface area contributed by atoms with Gasteiger partial charge in [-0.05, 0) is 18.2 Å². The highest BCUT2D eigenvalue weighted by Crippen LogP contribution is 2.14. The molecule has 0 aliphatic heterocycles. The van der Waals surface area contributed by atoms with Crippen molar-refractivity contribution in [3.63, 3.8) is 0 Å². The molecule has 2 aromatic rings. The molecule has 1 amide bonds. The molecule has 0 saturated heterocycles. The number of carbonyl (C=O) groups excluding carboxylic acids is 1. The number of nitrogens with one attached hydrogen (secondary N) is 1. The molecular weight excluding hydrogens is 344 g/mol. The fourth-order valence-corrected chi connectivity index (χ4v) is 2.37. The van der Waals surface area contributed by atoms with Gasteiger partial charge in [0.25, 0.3) is 5.91 Å². The maximum Gasteiger partial charge on any atom is 0.251 e. The van der Waals surface area contributed by atoms with Crippen molar-refractivity contribution >= 4 is 39.1 Å². The van der Waals surface area contributed by atoms with E-state index >= 15 is 0 Å². The number of fused-ring (bicyclic) bond motifs is 1. The molecule has 0 unspecified atom stereocenters. The average molecular weight is 361 g/mol. The molecule has 0 fully saturated rings. The van der Waals surface area contributed by atoms with E-state index in [1.54, 1.807) is 0 Å². The van der Waals surface area contributed by atoms with Crippen molar-refractivity contribution in [3.05, 3.63) is 45.8 Å². The van der Waals surface area contributed by atoms with E-state index in [-0.39, 0.29) is 47.6 Å². The monoisotopic (exact) mass is 360 g/mol. The highest BCUT2D eigenvalue weighted by atomic mass is 35.5. The minimum Gasteiger partial charge on any atom is -0.459 e. The van der Waals surface area contributed by atoms with Gasteiger partial charge in [0, 0.05) is 24.4 Å². The zero-order chi connectivity index (χ0) is 16.3. The molecule has 2 rings (SSSR count). The SMILES string of the molecule is CS(=O)(=O)CCNC(=O)c1ccc2oc(CN)cc(=O)c2c1.Cl. The lowest BCUT2D eigenvalue weighted by molar-refractivity contribution is 0.0956. The van der Waals surface area contributed by atoms with E-state index in [0.29, 0.717) is 11.3 Å². The maximum absolute atomic E-state index is 12.0. The van der Waals surface area contributed by atoms with Crippen molar-refractivity contribution in [2.45, 2.75) is 6.54 Å². The van der Waals surface area contributed by atoms with Crippen LogP contribution in [-0.2, 0) is 16.4 Å². The molecule has 126 valence electrons. The quantitative estimate of drug-likeness (QED) is 0.798. The Morgan fingerprint density at radius 1 is 1.30 bits per heavy atom. The van der Waals surface area contributed by atoms with Gasteiger partial charge in [0.05, 0.1) is 17.7 Å². The standard InChI is InChI=1S/C14H16N2O5S.ClH/c1-22(19,20)5-4-16-14(18)9-2-3-13-11(6-9)12(17)7-10(8-15)21-13;/h2-3,6-7H,4-5,8,15H2,1H3,(H,16,18);1H. The first-order valence-corrected chi connectivity index (χ1v) is 8.59. The number of sulfone groups is 1. The topological polar surface area (TPSA) is 119 Å². The van der Waals surface area contributed by atoms with Crippen molar-refractivity contribution in [1.29, 1.82) is 0 Å². The van der Waals surface area contributed by atoms with Gasteiger partial charge < -0.3 is 15.5 Å². The predicted molar refractivity (Wildman–Crippen MR) is 89.7 cm³/mol. The molecule has 1 aromatic carbocycles. The lowest BCUT2D eigenvalue weighted by Gasteiger charge is -2.06. The smallest absolute Gasteiger partial charge is 0.251 e. The summed E-state index contributed by atoms with van der Waals surface area (Å²) in [7, 11) is -3.14. The van der Waals surface area contributed by atoms with Crippen LogP contribution in [-0.4, -0.2) is 32.9 Å². The summed E-state index contributed by atoms with van der Waals surface area (Å²) in [5.74, 6) is -0.232. The Kier molecular flexibility index (Phi) is 6.31. The Morgan fingerprint density at radius 3 is 2.61 bits per heavy atom. The van der Waals surface area contributed by atoms with E-state index < -0.39 is 15.7 Å². The number of carbonyl (C=O) groups is 1. The third kappa shape index (κ3) is 5.05. The van der Waals surface area contributed by atoms with Crippen LogP contribution < -0.4 is 16.5 Å². The van der Waals surface area contributed by atoms with Crippen molar-refractivity contribution in [1.82, 2.24) is 5.32 Å². The summed E-state index contributed by atoms with van der Waals surface area (Å²) < 4.78 is 27.4. The second kappa shape index (κ2) is 7.58. The fraction of sp³-hybridized carbons (Fsp3) is 0.286. The molecule has 0 bridgehead atoms. The Hall–Kier alpha value is -1.90. The molecular formula is C14H17ClN2O5S. The van der Waals surface area contributed by atoms with Gasteiger partial charge >= 0.3 is 0 Å². The molecule has 23 heavy (non-hydrogen) atoms. The van der Waals surface area contributed by atoms with Gasteiger partial charge in [0.1, 0.15) is 21.2 Å². The van der Waals surface area contributed by atoms with Crippen molar-refractivity contribution < 1.29 is 17.6 Å². The predicted octanol–water partition coefficient (Wildman–Crippen LogP) is 0.448. The van der Waals surface area contributed by atoms with E-state index in [9.17, 15) is 18.0 Å². The highest BCUT2D eigenvalue weighted by molar-refractivity contribution is 7.90. The summed E-state index contributed by atoms with van der Waals surface area (Å²) in [5.41, 5.74) is 5.75. The molecule has 0 saturated carbocycles.